The molecule has 218 valence electrons. The number of aliphatic hydroxyl groups excluding tert-OH is 2. The number of carbonyl (C=O) groups excluding carboxylic acids is 1. The molecule has 2 saturated carbocycles. The molecule has 0 radical (unpaired) electrons. The molecular formula is C33H50O6. The summed E-state index contributed by atoms with van der Waals surface area (Å²) in [6.45, 7) is 20.5. The van der Waals surface area contributed by atoms with Crippen LogP contribution in [0.1, 0.15) is 93.9 Å². The van der Waals surface area contributed by atoms with Gasteiger partial charge >= 0.3 is 11.9 Å². The van der Waals surface area contributed by atoms with Crippen molar-refractivity contribution in [1.82, 2.24) is 0 Å². The molecule has 9 atom stereocenters. The van der Waals surface area contributed by atoms with Gasteiger partial charge in [0.1, 0.15) is 6.10 Å². The highest BCUT2D eigenvalue weighted by atomic mass is 16.5. The van der Waals surface area contributed by atoms with Gasteiger partial charge in [-0.25, -0.2) is 0 Å². The molecule has 4 aliphatic carbocycles. The molecule has 6 nitrogen and oxygen atoms in total. The van der Waals surface area contributed by atoms with Gasteiger partial charge < -0.3 is 20.1 Å². The largest absolute Gasteiger partial charge is 0.481 e. The predicted molar refractivity (Wildman–Crippen MR) is 152 cm³/mol. The van der Waals surface area contributed by atoms with Crippen molar-refractivity contribution in [2.45, 2.75) is 112 Å². The molecule has 2 fully saturated rings. The first-order valence-corrected chi connectivity index (χ1v) is 14.8. The highest BCUT2D eigenvalue weighted by molar-refractivity contribution is 5.71. The third kappa shape index (κ3) is 4.45. The summed E-state index contributed by atoms with van der Waals surface area (Å²) in [7, 11) is 0. The molecule has 4 aliphatic rings. The summed E-state index contributed by atoms with van der Waals surface area (Å²) in [5, 5.41) is 33.6. The minimum absolute atomic E-state index is 0.137. The monoisotopic (exact) mass is 542 g/mol. The van der Waals surface area contributed by atoms with Crippen LogP contribution in [0.2, 0.25) is 0 Å². The zero-order valence-corrected chi connectivity index (χ0v) is 25.2. The number of esters is 1. The number of ether oxygens (including phenoxy) is 1. The van der Waals surface area contributed by atoms with Gasteiger partial charge in [-0.05, 0) is 66.4 Å². The van der Waals surface area contributed by atoms with Crippen molar-refractivity contribution >= 4 is 11.9 Å². The molecule has 0 aromatic heterocycles. The molecular weight excluding hydrogens is 492 g/mol. The number of allylic oxidation sites excluding steroid dienone is 4. The number of hydrogen-bond donors (Lipinski definition) is 3. The smallest absolute Gasteiger partial charge is 0.306 e. The van der Waals surface area contributed by atoms with Gasteiger partial charge in [-0.2, -0.15) is 0 Å². The number of aliphatic carboxylic acids is 1. The molecule has 4 rings (SSSR count). The van der Waals surface area contributed by atoms with Gasteiger partial charge in [0.2, 0.25) is 0 Å². The van der Waals surface area contributed by atoms with Crippen LogP contribution in [0.25, 0.3) is 0 Å². The Morgan fingerprint density at radius 3 is 2.33 bits per heavy atom. The normalized spacial score (nSPS) is 41.5. The van der Waals surface area contributed by atoms with E-state index in [1.165, 1.54) is 12.5 Å². The van der Waals surface area contributed by atoms with Crippen LogP contribution in [0.4, 0.5) is 0 Å². The Morgan fingerprint density at radius 1 is 1.13 bits per heavy atom. The van der Waals surface area contributed by atoms with Crippen LogP contribution < -0.4 is 0 Å². The van der Waals surface area contributed by atoms with Crippen LogP contribution in [-0.4, -0.2) is 45.6 Å². The van der Waals surface area contributed by atoms with E-state index in [0.717, 1.165) is 24.0 Å². The van der Waals surface area contributed by atoms with Gasteiger partial charge in [-0.1, -0.05) is 72.8 Å². The molecule has 3 N–H and O–H groups in total. The molecule has 0 bridgehead atoms. The second kappa shape index (κ2) is 9.87. The topological polar surface area (TPSA) is 104 Å². The summed E-state index contributed by atoms with van der Waals surface area (Å²) in [5.74, 6) is -2.08. The van der Waals surface area contributed by atoms with E-state index < -0.39 is 46.3 Å². The zero-order valence-electron chi connectivity index (χ0n) is 25.2. The second-order valence-corrected chi connectivity index (χ2v) is 14.6. The van der Waals surface area contributed by atoms with Gasteiger partial charge in [0.05, 0.1) is 18.1 Å². The van der Waals surface area contributed by atoms with Crippen molar-refractivity contribution in [3.8, 4) is 0 Å². The maximum Gasteiger partial charge on any atom is 0.306 e. The quantitative estimate of drug-likeness (QED) is 0.266. The highest BCUT2D eigenvalue weighted by Crippen LogP contribution is 2.72. The fourth-order valence-corrected chi connectivity index (χ4v) is 9.46. The number of carboxylic acids is 1. The summed E-state index contributed by atoms with van der Waals surface area (Å²) in [6, 6.07) is 0. The SMILES string of the molecule is C=C(CCC(C(=O)O)C1C(O)CC2(C)C3=CC(O)C4C(C)(CCC(OC(C)=O)C4(C)C)C3=CCC12C)C(C)C. The Balaban J connectivity index is 1.75. The van der Waals surface area contributed by atoms with E-state index >= 15 is 0 Å². The lowest BCUT2D eigenvalue weighted by Crippen LogP contribution is -2.59. The molecule has 0 aliphatic heterocycles. The summed E-state index contributed by atoms with van der Waals surface area (Å²) < 4.78 is 5.74. The third-order valence-electron chi connectivity index (χ3n) is 11.8. The Labute approximate surface area is 234 Å². The fraction of sp³-hybridized carbons (Fsp3) is 0.758. The number of fused-ring (bicyclic) bond motifs is 5. The van der Waals surface area contributed by atoms with Crippen molar-refractivity contribution in [1.29, 1.82) is 0 Å². The average Bonchev–Trinajstić information content (AvgIpc) is 3.01. The Hall–Kier alpha value is -1.92. The molecule has 0 saturated heterocycles. The lowest BCUT2D eigenvalue weighted by Gasteiger charge is -2.62. The first-order valence-electron chi connectivity index (χ1n) is 14.8. The molecule has 0 aromatic rings. The zero-order chi connectivity index (χ0) is 29.3. The van der Waals surface area contributed by atoms with E-state index in [-0.39, 0.29) is 29.3 Å². The molecule has 39 heavy (non-hydrogen) atoms. The van der Waals surface area contributed by atoms with Crippen molar-refractivity contribution in [2.24, 2.45) is 45.3 Å². The van der Waals surface area contributed by atoms with Gasteiger partial charge in [0.15, 0.2) is 0 Å². The first-order chi connectivity index (χ1) is 17.9. The van der Waals surface area contributed by atoms with Crippen LogP contribution in [0.3, 0.4) is 0 Å². The van der Waals surface area contributed by atoms with E-state index in [1.54, 1.807) is 0 Å². The van der Waals surface area contributed by atoms with Crippen LogP contribution in [0, 0.1) is 45.3 Å². The number of aliphatic hydroxyl groups is 2. The van der Waals surface area contributed by atoms with E-state index in [4.69, 9.17) is 4.74 Å². The Kier molecular flexibility index (Phi) is 7.60. The number of carboxylic acid groups (broad SMARTS) is 1. The van der Waals surface area contributed by atoms with Crippen molar-refractivity contribution in [3.63, 3.8) is 0 Å². The summed E-state index contributed by atoms with van der Waals surface area (Å²) in [5.41, 5.74) is 1.62. The third-order valence-corrected chi connectivity index (χ3v) is 11.8. The van der Waals surface area contributed by atoms with Crippen molar-refractivity contribution in [2.75, 3.05) is 0 Å². The Morgan fingerprint density at radius 2 is 1.77 bits per heavy atom. The van der Waals surface area contributed by atoms with Gasteiger partial charge in [-0.15, -0.1) is 0 Å². The number of hydrogen-bond acceptors (Lipinski definition) is 5. The summed E-state index contributed by atoms with van der Waals surface area (Å²) in [6.07, 6.45) is 6.26. The van der Waals surface area contributed by atoms with Gasteiger partial charge in [-0.3, -0.25) is 9.59 Å². The van der Waals surface area contributed by atoms with Crippen LogP contribution in [0.5, 0.6) is 0 Å². The lowest BCUT2D eigenvalue weighted by atomic mass is 9.43. The van der Waals surface area contributed by atoms with E-state index in [1.807, 2.05) is 6.08 Å². The van der Waals surface area contributed by atoms with E-state index in [2.05, 4.69) is 61.1 Å². The summed E-state index contributed by atoms with van der Waals surface area (Å²) in [4.78, 5) is 24.5. The molecule has 0 amide bonds. The minimum atomic E-state index is -0.855. The average molecular weight is 543 g/mol. The molecule has 0 aromatic carbocycles. The first kappa shape index (κ1) is 30.0. The van der Waals surface area contributed by atoms with Crippen LogP contribution in [0.15, 0.2) is 35.5 Å². The predicted octanol–water partition coefficient (Wildman–Crippen LogP) is 6.08. The second-order valence-electron chi connectivity index (χ2n) is 14.6. The highest BCUT2D eigenvalue weighted by Gasteiger charge is 2.67. The standard InChI is InChI=1S/C33H50O6/c1-18(2)19(3)10-11-21(29(37)38)27-25(36)17-33(9)23-16-24(35)28-30(5,6)26(39-20(4)34)13-14-31(28,7)22(23)12-15-32(27,33)8/h12,16,18,21,24-28,35-36H,3,10-11,13-15,17H2,1-2,4-9H3,(H,37,38). The van der Waals surface area contributed by atoms with E-state index in [0.29, 0.717) is 25.7 Å². The fourth-order valence-electron chi connectivity index (χ4n) is 9.46. The van der Waals surface area contributed by atoms with Gasteiger partial charge in [0.25, 0.3) is 0 Å². The number of carbonyl (C=O) groups is 2. The lowest BCUT2D eigenvalue weighted by molar-refractivity contribution is -0.173. The van der Waals surface area contributed by atoms with Crippen molar-refractivity contribution in [3.05, 3.63) is 35.5 Å². The summed E-state index contributed by atoms with van der Waals surface area (Å²) >= 11 is 0. The maximum absolute atomic E-state index is 12.6. The van der Waals surface area contributed by atoms with Crippen LogP contribution in [-0.2, 0) is 14.3 Å². The minimum Gasteiger partial charge on any atom is -0.481 e. The van der Waals surface area contributed by atoms with Crippen molar-refractivity contribution < 1.29 is 29.6 Å². The molecule has 9 unspecified atom stereocenters. The maximum atomic E-state index is 12.6. The number of rotatable bonds is 7. The molecule has 0 heterocycles. The van der Waals surface area contributed by atoms with E-state index in [9.17, 15) is 24.9 Å². The molecule has 0 spiro atoms. The van der Waals surface area contributed by atoms with Gasteiger partial charge in [0, 0.05) is 29.6 Å². The Bertz CT molecular complexity index is 1100. The molecule has 6 heteroatoms. The van der Waals surface area contributed by atoms with Crippen LogP contribution >= 0.6 is 0 Å².